The van der Waals surface area contributed by atoms with Gasteiger partial charge in [0.2, 0.25) is 5.95 Å². The average molecular weight is 245 g/mol. The molecular weight excluding hydrogens is 230 g/mol. The van der Waals surface area contributed by atoms with Crippen molar-refractivity contribution >= 4 is 5.95 Å². The first-order valence-electron chi connectivity index (χ1n) is 5.73. The fraction of sp³-hybridized carbons (Fsp3) is 0.333. The number of methoxy groups -OCH3 is 1. The Bertz CT molecular complexity index is 503. The molecule has 18 heavy (non-hydrogen) atoms. The van der Waals surface area contributed by atoms with E-state index in [4.69, 9.17) is 4.74 Å². The van der Waals surface area contributed by atoms with E-state index >= 15 is 0 Å². The fourth-order valence-electron chi connectivity index (χ4n) is 1.49. The topological polar surface area (TPSA) is 72.8 Å². The van der Waals surface area contributed by atoms with Crippen molar-refractivity contribution in [3.05, 3.63) is 35.9 Å². The van der Waals surface area contributed by atoms with Crippen LogP contribution in [-0.4, -0.2) is 33.6 Å². The molecule has 0 bridgehead atoms. The van der Waals surface area contributed by atoms with Crippen molar-refractivity contribution in [2.75, 3.05) is 19.0 Å². The molecule has 1 N–H and O–H groups in total. The number of ether oxygens (including phenoxy) is 1. The van der Waals surface area contributed by atoms with Gasteiger partial charge in [-0.3, -0.25) is 4.98 Å². The smallest absolute Gasteiger partial charge is 0.321 e. The number of rotatable bonds is 5. The van der Waals surface area contributed by atoms with Crippen LogP contribution in [0.15, 0.2) is 24.5 Å². The lowest BCUT2D eigenvalue weighted by Gasteiger charge is -2.06. The Morgan fingerprint density at radius 1 is 1.17 bits per heavy atom. The molecule has 0 amide bonds. The van der Waals surface area contributed by atoms with Crippen molar-refractivity contribution in [1.29, 1.82) is 0 Å². The zero-order valence-electron chi connectivity index (χ0n) is 10.4. The normalized spacial score (nSPS) is 10.1. The second-order valence-corrected chi connectivity index (χ2v) is 3.62. The van der Waals surface area contributed by atoms with E-state index in [0.717, 1.165) is 12.1 Å². The maximum absolute atomic E-state index is 5.06. The molecule has 2 heterocycles. The van der Waals surface area contributed by atoms with Crippen LogP contribution < -0.4 is 10.1 Å². The van der Waals surface area contributed by atoms with Crippen molar-refractivity contribution in [3.8, 4) is 6.01 Å². The highest BCUT2D eigenvalue weighted by molar-refractivity contribution is 5.27. The molecule has 2 rings (SSSR count). The maximum atomic E-state index is 5.06. The lowest BCUT2D eigenvalue weighted by atomic mass is 10.2. The van der Waals surface area contributed by atoms with Gasteiger partial charge in [0.25, 0.3) is 0 Å². The van der Waals surface area contributed by atoms with E-state index in [2.05, 4.69) is 25.3 Å². The quantitative estimate of drug-likeness (QED) is 0.856. The summed E-state index contributed by atoms with van der Waals surface area (Å²) in [4.78, 5) is 16.7. The van der Waals surface area contributed by atoms with Crippen molar-refractivity contribution < 1.29 is 4.74 Å². The molecule has 2 aromatic heterocycles. The van der Waals surface area contributed by atoms with Crippen LogP contribution in [0.5, 0.6) is 6.01 Å². The molecule has 0 aliphatic heterocycles. The summed E-state index contributed by atoms with van der Waals surface area (Å²) in [5.41, 5.74) is 1.10. The molecule has 94 valence electrons. The first kappa shape index (κ1) is 12.2. The van der Waals surface area contributed by atoms with E-state index in [9.17, 15) is 0 Å². The van der Waals surface area contributed by atoms with Gasteiger partial charge in [0.15, 0.2) is 0 Å². The molecule has 0 aromatic carbocycles. The van der Waals surface area contributed by atoms with Crippen LogP contribution in [0.4, 0.5) is 5.95 Å². The van der Waals surface area contributed by atoms with E-state index < -0.39 is 0 Å². The number of aromatic nitrogens is 4. The Balaban J connectivity index is 2.24. The first-order valence-corrected chi connectivity index (χ1v) is 5.73. The van der Waals surface area contributed by atoms with Crippen LogP contribution in [0.25, 0.3) is 0 Å². The van der Waals surface area contributed by atoms with Crippen molar-refractivity contribution in [3.63, 3.8) is 0 Å². The molecule has 0 fully saturated rings. The van der Waals surface area contributed by atoms with Gasteiger partial charge in [0.05, 0.1) is 7.11 Å². The largest absolute Gasteiger partial charge is 0.467 e. The summed E-state index contributed by atoms with van der Waals surface area (Å²) in [6.45, 7) is 2.74. The van der Waals surface area contributed by atoms with Gasteiger partial charge >= 0.3 is 6.01 Å². The summed E-state index contributed by atoms with van der Waals surface area (Å²) in [7, 11) is 1.54. The van der Waals surface area contributed by atoms with E-state index in [0.29, 0.717) is 24.2 Å². The molecule has 0 aliphatic rings. The van der Waals surface area contributed by atoms with Gasteiger partial charge in [-0.15, -0.1) is 0 Å². The van der Waals surface area contributed by atoms with Gasteiger partial charge in [0.1, 0.15) is 5.82 Å². The Labute approximate surface area is 105 Å². The summed E-state index contributed by atoms with van der Waals surface area (Å²) < 4.78 is 5.06. The molecule has 6 heteroatoms. The van der Waals surface area contributed by atoms with E-state index in [1.54, 1.807) is 19.5 Å². The highest BCUT2D eigenvalue weighted by atomic mass is 16.5. The van der Waals surface area contributed by atoms with Gasteiger partial charge in [-0.05, 0) is 24.6 Å². The Morgan fingerprint density at radius 2 is 1.94 bits per heavy atom. The molecule has 0 radical (unpaired) electrons. The predicted octanol–water partition coefficient (Wildman–Crippen LogP) is 1.30. The monoisotopic (exact) mass is 245 g/mol. The molecule has 0 spiro atoms. The molecule has 0 saturated carbocycles. The fourth-order valence-corrected chi connectivity index (χ4v) is 1.49. The summed E-state index contributed by atoms with van der Waals surface area (Å²) >= 11 is 0. The maximum Gasteiger partial charge on any atom is 0.321 e. The van der Waals surface area contributed by atoms with Crippen molar-refractivity contribution in [2.45, 2.75) is 13.3 Å². The van der Waals surface area contributed by atoms with Gasteiger partial charge in [-0.1, -0.05) is 0 Å². The molecular formula is C12H15N5O. The minimum Gasteiger partial charge on any atom is -0.467 e. The molecule has 0 atom stereocenters. The second kappa shape index (κ2) is 5.90. The Kier molecular flexibility index (Phi) is 4.01. The molecule has 0 saturated heterocycles. The third-order valence-corrected chi connectivity index (χ3v) is 2.29. The number of hydrogen-bond acceptors (Lipinski definition) is 6. The molecule has 2 aromatic rings. The minimum atomic E-state index is 0.324. The van der Waals surface area contributed by atoms with Crippen LogP contribution in [0.3, 0.4) is 0 Å². The lowest BCUT2D eigenvalue weighted by Crippen LogP contribution is -2.08. The van der Waals surface area contributed by atoms with Crippen LogP contribution in [0.1, 0.15) is 18.3 Å². The summed E-state index contributed by atoms with van der Waals surface area (Å²) in [6, 6.07) is 4.19. The van der Waals surface area contributed by atoms with Gasteiger partial charge in [-0.25, -0.2) is 0 Å². The Morgan fingerprint density at radius 3 is 2.61 bits per heavy atom. The highest BCUT2D eigenvalue weighted by Gasteiger charge is 2.06. The van der Waals surface area contributed by atoms with Crippen molar-refractivity contribution in [1.82, 2.24) is 19.9 Å². The number of nitrogens with zero attached hydrogens (tertiary/aromatic N) is 4. The molecule has 0 aliphatic carbocycles. The number of hydrogen-bond donors (Lipinski definition) is 1. The third kappa shape index (κ3) is 3.13. The van der Waals surface area contributed by atoms with E-state index in [1.807, 2.05) is 19.1 Å². The SMILES string of the molecule is CCNc1nc(Cc2ccncc2)nc(OC)n1. The third-order valence-electron chi connectivity index (χ3n) is 2.29. The van der Waals surface area contributed by atoms with Crippen LogP contribution >= 0.6 is 0 Å². The zero-order chi connectivity index (χ0) is 12.8. The van der Waals surface area contributed by atoms with Gasteiger partial charge < -0.3 is 10.1 Å². The Hall–Kier alpha value is -2.24. The first-order chi connectivity index (χ1) is 8.81. The minimum absolute atomic E-state index is 0.324. The second-order valence-electron chi connectivity index (χ2n) is 3.62. The van der Waals surface area contributed by atoms with E-state index in [1.165, 1.54) is 0 Å². The van der Waals surface area contributed by atoms with Gasteiger partial charge in [-0.2, -0.15) is 15.0 Å². The lowest BCUT2D eigenvalue weighted by molar-refractivity contribution is 0.377. The zero-order valence-corrected chi connectivity index (χ0v) is 10.4. The summed E-state index contributed by atoms with van der Waals surface area (Å²) in [6.07, 6.45) is 4.12. The molecule has 6 nitrogen and oxygen atoms in total. The predicted molar refractivity (Wildman–Crippen MR) is 67.6 cm³/mol. The average Bonchev–Trinajstić information content (AvgIpc) is 2.40. The number of pyridine rings is 1. The summed E-state index contributed by atoms with van der Waals surface area (Å²) in [5.74, 6) is 1.21. The standard InChI is InChI=1S/C12H15N5O/c1-3-14-11-15-10(16-12(17-11)18-2)8-9-4-6-13-7-5-9/h4-7H,3,8H2,1-2H3,(H,14,15,16,17). The highest BCUT2D eigenvalue weighted by Crippen LogP contribution is 2.10. The summed E-state index contributed by atoms with van der Waals surface area (Å²) in [5, 5.41) is 3.05. The van der Waals surface area contributed by atoms with E-state index in [-0.39, 0.29) is 0 Å². The number of anilines is 1. The van der Waals surface area contributed by atoms with Gasteiger partial charge in [0, 0.05) is 25.4 Å². The van der Waals surface area contributed by atoms with Crippen molar-refractivity contribution in [2.24, 2.45) is 0 Å². The van der Waals surface area contributed by atoms with Crippen LogP contribution in [-0.2, 0) is 6.42 Å². The van der Waals surface area contributed by atoms with Crippen LogP contribution in [0.2, 0.25) is 0 Å². The van der Waals surface area contributed by atoms with Crippen LogP contribution in [0, 0.1) is 0 Å². The molecule has 0 unspecified atom stereocenters. The number of nitrogens with one attached hydrogen (secondary N) is 1.